The Balaban J connectivity index is 2.34. The van der Waals surface area contributed by atoms with E-state index in [1.807, 2.05) is 55.9 Å². The first kappa shape index (κ1) is 20.5. The van der Waals surface area contributed by atoms with Crippen LogP contribution in [-0.4, -0.2) is 32.0 Å². The first-order valence-electron chi connectivity index (χ1n) is 8.29. The minimum absolute atomic E-state index is 0.261. The van der Waals surface area contributed by atoms with E-state index >= 15 is 0 Å². The third-order valence-electron chi connectivity index (χ3n) is 3.47. The van der Waals surface area contributed by atoms with E-state index in [0.29, 0.717) is 0 Å². The predicted molar refractivity (Wildman–Crippen MR) is 110 cm³/mol. The number of halogens is 1. The van der Waals surface area contributed by atoms with Crippen LogP contribution in [0.25, 0.3) is 0 Å². The zero-order valence-corrected chi connectivity index (χ0v) is 19.1. The van der Waals surface area contributed by atoms with Crippen LogP contribution < -0.4 is 4.72 Å². The van der Waals surface area contributed by atoms with Crippen LogP contribution in [0.15, 0.2) is 34.9 Å². The molecule has 0 saturated carbocycles. The summed E-state index contributed by atoms with van der Waals surface area (Å²) in [6, 6.07) is 7.73. The van der Waals surface area contributed by atoms with Gasteiger partial charge in [0.05, 0.1) is 36.0 Å². The first-order chi connectivity index (χ1) is 11.5. The van der Waals surface area contributed by atoms with Gasteiger partial charge in [0.15, 0.2) is 0 Å². The summed E-state index contributed by atoms with van der Waals surface area (Å²) in [6.07, 6.45) is 2.88. The lowest BCUT2D eigenvalue weighted by Gasteiger charge is -2.23. The second kappa shape index (κ2) is 7.81. The minimum Gasteiger partial charge on any atom is -0.255 e. The van der Waals surface area contributed by atoms with E-state index in [-0.39, 0.29) is 10.8 Å². The molecule has 1 aromatic carbocycles. The molecule has 0 fully saturated rings. The molecule has 1 N–H and O–H groups in total. The summed E-state index contributed by atoms with van der Waals surface area (Å²) in [5, 5.41) is 8.65. The normalized spacial score (nSPS) is 15.2. The van der Waals surface area contributed by atoms with Gasteiger partial charge in [-0.25, -0.2) is 8.93 Å². The number of rotatable bonds is 6. The van der Waals surface area contributed by atoms with Gasteiger partial charge in [-0.05, 0) is 38.5 Å². The summed E-state index contributed by atoms with van der Waals surface area (Å²) in [5.41, 5.74) is 1.80. The van der Waals surface area contributed by atoms with E-state index in [1.165, 1.54) is 0 Å². The molecule has 138 valence electrons. The summed E-state index contributed by atoms with van der Waals surface area (Å²) < 4.78 is 18.5. The summed E-state index contributed by atoms with van der Waals surface area (Å²) in [5.74, 6) is 0. The Hall–Kier alpha value is -0.833. The Morgan fingerprint density at radius 2 is 1.84 bits per heavy atom. The van der Waals surface area contributed by atoms with Gasteiger partial charge in [0.25, 0.3) is 0 Å². The summed E-state index contributed by atoms with van der Waals surface area (Å²) >= 11 is 3.46. The number of hydrogen-bond acceptors (Lipinski definition) is 3. The fourth-order valence-corrected chi connectivity index (χ4v) is 4.46. The van der Waals surface area contributed by atoms with Crippen molar-refractivity contribution in [3.63, 3.8) is 0 Å². The Bertz CT molecular complexity index is 734. The van der Waals surface area contributed by atoms with E-state index in [2.05, 4.69) is 50.6 Å². The maximum atomic E-state index is 12.7. The lowest BCUT2D eigenvalue weighted by molar-refractivity contribution is 0.619. The lowest BCUT2D eigenvalue weighted by Crippen LogP contribution is -2.36. The molecule has 0 bridgehead atoms. The molecule has 0 aliphatic rings. The molecule has 1 heterocycles. The highest BCUT2D eigenvalue weighted by atomic mass is 79.9. The van der Waals surface area contributed by atoms with Crippen molar-refractivity contribution in [2.75, 3.05) is 0 Å². The zero-order chi connectivity index (χ0) is 18.8. The monoisotopic (exact) mass is 442 g/mol. The average Bonchev–Trinajstić information content (AvgIpc) is 2.90. The fraction of sp³-hybridized carbons (Fsp3) is 0.529. The highest BCUT2D eigenvalue weighted by molar-refractivity contribution is 9.10. The molecule has 8 heteroatoms. The highest BCUT2D eigenvalue weighted by Crippen LogP contribution is 2.24. The maximum absolute atomic E-state index is 12.7. The van der Waals surface area contributed by atoms with Crippen LogP contribution in [-0.2, 0) is 17.2 Å². The van der Waals surface area contributed by atoms with Crippen molar-refractivity contribution in [3.05, 3.63) is 46.2 Å². The van der Waals surface area contributed by atoms with Crippen molar-refractivity contribution in [3.8, 4) is 0 Å². The van der Waals surface area contributed by atoms with Gasteiger partial charge in [-0.1, -0.05) is 52.9 Å². The molecule has 1 unspecified atom stereocenters. The quantitative estimate of drug-likeness (QED) is 0.685. The standard InChI is InChI=1S/C17H27BrN4OSSi/c1-17(2,3)24(23)20-16(13-7-9-14(18)10-8-13)15-11-22(21-19-15)12-25(4,5)6/h7-11,16,20H,12H2,1-6H3/t16-,24?/m0/s1. The molecule has 5 nitrogen and oxygen atoms in total. The largest absolute Gasteiger partial charge is 0.255 e. The van der Waals surface area contributed by atoms with Gasteiger partial charge in [-0.15, -0.1) is 5.10 Å². The predicted octanol–water partition coefficient (Wildman–Crippen LogP) is 4.06. The second-order valence-electron chi connectivity index (χ2n) is 8.39. The number of nitrogens with zero attached hydrogens (tertiary/aromatic N) is 3. The van der Waals surface area contributed by atoms with Crippen LogP contribution in [0.5, 0.6) is 0 Å². The molecule has 0 aliphatic heterocycles. The van der Waals surface area contributed by atoms with Gasteiger partial charge in [-0.2, -0.15) is 0 Å². The maximum Gasteiger partial charge on any atom is 0.105 e. The molecule has 2 atom stereocenters. The summed E-state index contributed by atoms with van der Waals surface area (Å²) in [7, 11) is -2.51. The molecule has 0 amide bonds. The van der Waals surface area contributed by atoms with E-state index in [0.717, 1.165) is 21.9 Å². The van der Waals surface area contributed by atoms with Crippen molar-refractivity contribution in [2.24, 2.45) is 0 Å². The number of benzene rings is 1. The van der Waals surface area contributed by atoms with Gasteiger partial charge in [-0.3, -0.25) is 4.68 Å². The Morgan fingerprint density at radius 3 is 2.36 bits per heavy atom. The average molecular weight is 443 g/mol. The van der Waals surface area contributed by atoms with Crippen LogP contribution in [0.1, 0.15) is 38.1 Å². The molecule has 0 saturated heterocycles. The second-order valence-corrected chi connectivity index (χ2v) is 16.7. The number of nitrogens with one attached hydrogen (secondary N) is 1. The van der Waals surface area contributed by atoms with Gasteiger partial charge in [0.1, 0.15) is 5.69 Å². The molecular weight excluding hydrogens is 416 g/mol. The van der Waals surface area contributed by atoms with Gasteiger partial charge >= 0.3 is 0 Å². The number of aromatic nitrogens is 3. The Labute approximate surface area is 162 Å². The zero-order valence-electron chi connectivity index (χ0n) is 15.7. The molecule has 0 spiro atoms. The Kier molecular flexibility index (Phi) is 6.40. The van der Waals surface area contributed by atoms with Crippen LogP contribution in [0.2, 0.25) is 19.6 Å². The molecule has 25 heavy (non-hydrogen) atoms. The van der Waals surface area contributed by atoms with E-state index in [4.69, 9.17) is 0 Å². The smallest absolute Gasteiger partial charge is 0.105 e. The van der Waals surface area contributed by atoms with Gasteiger partial charge < -0.3 is 0 Å². The number of hydrogen-bond donors (Lipinski definition) is 1. The Morgan fingerprint density at radius 1 is 1.24 bits per heavy atom. The van der Waals surface area contributed by atoms with Crippen LogP contribution in [0, 0.1) is 0 Å². The van der Waals surface area contributed by atoms with E-state index < -0.39 is 19.1 Å². The summed E-state index contributed by atoms with van der Waals surface area (Å²) in [4.78, 5) is 0. The fourth-order valence-electron chi connectivity index (χ4n) is 2.25. The van der Waals surface area contributed by atoms with E-state index in [9.17, 15) is 4.21 Å². The lowest BCUT2D eigenvalue weighted by atomic mass is 10.1. The topological polar surface area (TPSA) is 59.8 Å². The first-order valence-corrected chi connectivity index (χ1v) is 13.9. The van der Waals surface area contributed by atoms with Crippen molar-refractivity contribution >= 4 is 35.0 Å². The summed E-state index contributed by atoms with van der Waals surface area (Å²) in [6.45, 7) is 12.8. The van der Waals surface area contributed by atoms with Gasteiger partial charge in [0.2, 0.25) is 0 Å². The van der Waals surface area contributed by atoms with Crippen LogP contribution in [0.4, 0.5) is 0 Å². The van der Waals surface area contributed by atoms with Crippen molar-refractivity contribution < 1.29 is 4.21 Å². The molecule has 0 radical (unpaired) electrons. The SMILES string of the molecule is CC(C)(C)S(=O)N[C@@H](c1ccc(Br)cc1)c1cn(C[Si](C)(C)C)nn1. The van der Waals surface area contributed by atoms with Gasteiger partial charge in [0, 0.05) is 10.6 Å². The molecular formula is C17H27BrN4OSSi. The third-order valence-corrected chi connectivity index (χ3v) is 6.84. The third kappa shape index (κ3) is 6.12. The van der Waals surface area contributed by atoms with Crippen LogP contribution in [0.3, 0.4) is 0 Å². The molecule has 2 rings (SSSR count). The van der Waals surface area contributed by atoms with Crippen molar-refractivity contribution in [1.29, 1.82) is 0 Å². The molecule has 0 aliphatic carbocycles. The van der Waals surface area contributed by atoms with E-state index in [1.54, 1.807) is 0 Å². The van der Waals surface area contributed by atoms with Crippen molar-refractivity contribution in [2.45, 2.75) is 57.4 Å². The molecule has 1 aromatic heterocycles. The molecule has 2 aromatic rings. The minimum atomic E-state index is -1.29. The van der Waals surface area contributed by atoms with Crippen LogP contribution >= 0.6 is 15.9 Å². The van der Waals surface area contributed by atoms with Crippen molar-refractivity contribution in [1.82, 2.24) is 19.7 Å². The highest BCUT2D eigenvalue weighted by Gasteiger charge is 2.27.